The van der Waals surface area contributed by atoms with Crippen LogP contribution in [-0.4, -0.2) is 35.3 Å². The SMILES string of the molecule is CC(C)CCNC(=O)C1CC(=O)N(C(C)(C)C)C1. The highest BCUT2D eigenvalue weighted by atomic mass is 16.2. The van der Waals surface area contributed by atoms with E-state index in [1.54, 1.807) is 4.90 Å². The van der Waals surface area contributed by atoms with Gasteiger partial charge >= 0.3 is 0 Å². The monoisotopic (exact) mass is 254 g/mol. The highest BCUT2D eigenvalue weighted by molar-refractivity contribution is 5.89. The summed E-state index contributed by atoms with van der Waals surface area (Å²) in [7, 11) is 0. The van der Waals surface area contributed by atoms with E-state index in [9.17, 15) is 9.59 Å². The van der Waals surface area contributed by atoms with Gasteiger partial charge in [-0.1, -0.05) is 13.8 Å². The summed E-state index contributed by atoms with van der Waals surface area (Å²) in [5.41, 5.74) is -0.190. The lowest BCUT2D eigenvalue weighted by Crippen LogP contribution is -2.43. The topological polar surface area (TPSA) is 49.4 Å². The van der Waals surface area contributed by atoms with Crippen LogP contribution >= 0.6 is 0 Å². The Hall–Kier alpha value is -1.06. The van der Waals surface area contributed by atoms with Gasteiger partial charge in [-0.3, -0.25) is 9.59 Å². The van der Waals surface area contributed by atoms with Crippen molar-refractivity contribution >= 4 is 11.8 Å². The van der Waals surface area contributed by atoms with E-state index in [1.807, 2.05) is 20.8 Å². The molecule has 0 aromatic heterocycles. The molecule has 1 saturated heterocycles. The Kier molecular flexibility index (Phi) is 4.77. The van der Waals surface area contributed by atoms with Crippen LogP contribution in [0.4, 0.5) is 0 Å². The highest BCUT2D eigenvalue weighted by Gasteiger charge is 2.39. The third-order valence-electron chi connectivity index (χ3n) is 3.33. The van der Waals surface area contributed by atoms with Crippen molar-refractivity contribution in [1.29, 1.82) is 0 Å². The number of amides is 2. The standard InChI is InChI=1S/C14H26N2O2/c1-10(2)6-7-15-13(18)11-8-12(17)16(9-11)14(3,4)5/h10-11H,6-9H2,1-5H3,(H,15,18). The van der Waals surface area contributed by atoms with Crippen LogP contribution < -0.4 is 5.32 Å². The lowest BCUT2D eigenvalue weighted by molar-refractivity contribution is -0.132. The summed E-state index contributed by atoms with van der Waals surface area (Å²) in [6.45, 7) is 11.5. The van der Waals surface area contributed by atoms with Crippen molar-refractivity contribution in [2.75, 3.05) is 13.1 Å². The minimum Gasteiger partial charge on any atom is -0.356 e. The number of carbonyl (C=O) groups is 2. The quantitative estimate of drug-likeness (QED) is 0.831. The second kappa shape index (κ2) is 5.72. The average Bonchev–Trinajstić information content (AvgIpc) is 2.59. The Morgan fingerprint density at radius 2 is 2.06 bits per heavy atom. The molecule has 1 aliphatic rings. The molecule has 18 heavy (non-hydrogen) atoms. The molecule has 1 fully saturated rings. The first kappa shape index (κ1) is 15.0. The summed E-state index contributed by atoms with van der Waals surface area (Å²) in [6.07, 6.45) is 1.33. The number of hydrogen-bond acceptors (Lipinski definition) is 2. The van der Waals surface area contributed by atoms with Crippen LogP contribution in [0.5, 0.6) is 0 Å². The molecule has 1 heterocycles. The van der Waals surface area contributed by atoms with Gasteiger partial charge in [0.25, 0.3) is 0 Å². The first-order valence-corrected chi connectivity index (χ1v) is 6.80. The Morgan fingerprint density at radius 1 is 1.44 bits per heavy atom. The van der Waals surface area contributed by atoms with Gasteiger partial charge in [0.05, 0.1) is 5.92 Å². The van der Waals surface area contributed by atoms with E-state index >= 15 is 0 Å². The fourth-order valence-corrected chi connectivity index (χ4v) is 2.16. The van der Waals surface area contributed by atoms with Crippen molar-refractivity contribution in [2.24, 2.45) is 11.8 Å². The van der Waals surface area contributed by atoms with E-state index in [2.05, 4.69) is 19.2 Å². The summed E-state index contributed by atoms with van der Waals surface area (Å²) in [5, 5.41) is 2.93. The third kappa shape index (κ3) is 4.00. The van der Waals surface area contributed by atoms with E-state index in [0.29, 0.717) is 25.4 Å². The van der Waals surface area contributed by atoms with Crippen molar-refractivity contribution in [3.05, 3.63) is 0 Å². The predicted octanol–water partition coefficient (Wildman–Crippen LogP) is 1.80. The summed E-state index contributed by atoms with van der Waals surface area (Å²) < 4.78 is 0. The molecule has 0 bridgehead atoms. The van der Waals surface area contributed by atoms with Gasteiger partial charge < -0.3 is 10.2 Å². The van der Waals surface area contributed by atoms with Gasteiger partial charge in [-0.2, -0.15) is 0 Å². The molecule has 0 aliphatic carbocycles. The smallest absolute Gasteiger partial charge is 0.225 e. The Labute approximate surface area is 110 Å². The van der Waals surface area contributed by atoms with Crippen molar-refractivity contribution in [1.82, 2.24) is 10.2 Å². The summed E-state index contributed by atoms with van der Waals surface area (Å²) >= 11 is 0. The van der Waals surface area contributed by atoms with E-state index in [4.69, 9.17) is 0 Å². The Bertz CT molecular complexity index is 318. The van der Waals surface area contributed by atoms with Gasteiger partial charge in [0.2, 0.25) is 11.8 Å². The van der Waals surface area contributed by atoms with Gasteiger partial charge in [0.15, 0.2) is 0 Å². The molecule has 1 unspecified atom stereocenters. The first-order chi connectivity index (χ1) is 8.21. The van der Waals surface area contributed by atoms with Crippen molar-refractivity contribution in [2.45, 2.75) is 53.0 Å². The molecule has 0 saturated carbocycles. The zero-order valence-electron chi connectivity index (χ0n) is 12.2. The number of nitrogens with zero attached hydrogens (tertiary/aromatic N) is 1. The van der Waals surface area contributed by atoms with Crippen molar-refractivity contribution < 1.29 is 9.59 Å². The third-order valence-corrected chi connectivity index (χ3v) is 3.33. The van der Waals surface area contributed by atoms with Gasteiger partial charge in [0.1, 0.15) is 0 Å². The van der Waals surface area contributed by atoms with Crippen molar-refractivity contribution in [3.63, 3.8) is 0 Å². The van der Waals surface area contributed by atoms with Gasteiger partial charge in [-0.05, 0) is 33.1 Å². The van der Waals surface area contributed by atoms with Crippen LogP contribution in [0.2, 0.25) is 0 Å². The second-order valence-electron chi connectivity index (χ2n) is 6.55. The minimum atomic E-state index is -0.190. The maximum absolute atomic E-state index is 12.0. The maximum Gasteiger partial charge on any atom is 0.225 e. The highest BCUT2D eigenvalue weighted by Crippen LogP contribution is 2.25. The van der Waals surface area contributed by atoms with E-state index in [-0.39, 0.29) is 23.3 Å². The molecule has 0 spiro atoms. The molecule has 0 aromatic carbocycles. The second-order valence-corrected chi connectivity index (χ2v) is 6.55. The molecular weight excluding hydrogens is 228 g/mol. The predicted molar refractivity (Wildman–Crippen MR) is 72.0 cm³/mol. The fraction of sp³-hybridized carbons (Fsp3) is 0.857. The largest absolute Gasteiger partial charge is 0.356 e. The molecule has 0 aromatic rings. The molecular formula is C14H26N2O2. The number of nitrogens with one attached hydrogen (secondary N) is 1. The number of rotatable bonds is 4. The molecule has 1 aliphatic heterocycles. The van der Waals surface area contributed by atoms with Crippen LogP contribution in [-0.2, 0) is 9.59 Å². The molecule has 104 valence electrons. The zero-order valence-corrected chi connectivity index (χ0v) is 12.2. The molecule has 4 nitrogen and oxygen atoms in total. The average molecular weight is 254 g/mol. The zero-order chi connectivity index (χ0) is 13.9. The van der Waals surface area contributed by atoms with Crippen LogP contribution in [0.1, 0.15) is 47.5 Å². The first-order valence-electron chi connectivity index (χ1n) is 6.80. The molecule has 2 amide bonds. The van der Waals surface area contributed by atoms with Crippen LogP contribution in [0, 0.1) is 11.8 Å². The molecule has 0 radical (unpaired) electrons. The molecule has 1 atom stereocenters. The van der Waals surface area contributed by atoms with Gasteiger partial charge in [-0.25, -0.2) is 0 Å². The Balaban J connectivity index is 2.45. The molecule has 1 N–H and O–H groups in total. The van der Waals surface area contributed by atoms with Crippen LogP contribution in [0.15, 0.2) is 0 Å². The molecule has 4 heteroatoms. The summed E-state index contributed by atoms with van der Waals surface area (Å²) in [6, 6.07) is 0. The summed E-state index contributed by atoms with van der Waals surface area (Å²) in [4.78, 5) is 25.6. The summed E-state index contributed by atoms with van der Waals surface area (Å²) in [5.74, 6) is 0.521. The van der Waals surface area contributed by atoms with Crippen LogP contribution in [0.25, 0.3) is 0 Å². The number of likely N-dealkylation sites (tertiary alicyclic amines) is 1. The number of hydrogen-bond donors (Lipinski definition) is 1. The Morgan fingerprint density at radius 3 is 2.50 bits per heavy atom. The minimum absolute atomic E-state index is 0.0238. The normalized spacial score (nSPS) is 20.7. The lowest BCUT2D eigenvalue weighted by atomic mass is 10.1. The van der Waals surface area contributed by atoms with E-state index < -0.39 is 0 Å². The number of carbonyl (C=O) groups excluding carboxylic acids is 2. The van der Waals surface area contributed by atoms with Gasteiger partial charge in [-0.15, -0.1) is 0 Å². The van der Waals surface area contributed by atoms with Gasteiger partial charge in [0, 0.05) is 25.0 Å². The van der Waals surface area contributed by atoms with E-state index in [0.717, 1.165) is 6.42 Å². The van der Waals surface area contributed by atoms with Crippen LogP contribution in [0.3, 0.4) is 0 Å². The lowest BCUT2D eigenvalue weighted by Gasteiger charge is -2.31. The van der Waals surface area contributed by atoms with Crippen molar-refractivity contribution in [3.8, 4) is 0 Å². The molecule has 1 rings (SSSR count). The fourth-order valence-electron chi connectivity index (χ4n) is 2.16. The maximum atomic E-state index is 12.0. The van der Waals surface area contributed by atoms with E-state index in [1.165, 1.54) is 0 Å².